The number of aromatic nitrogens is 2. The molecule has 0 aliphatic carbocycles. The summed E-state index contributed by atoms with van der Waals surface area (Å²) in [6.45, 7) is 6.64. The van der Waals surface area contributed by atoms with Gasteiger partial charge in [0.25, 0.3) is 0 Å². The highest BCUT2D eigenvalue weighted by Crippen LogP contribution is 2.30. The Bertz CT molecular complexity index is 934. The zero-order chi connectivity index (χ0) is 19.3. The van der Waals surface area contributed by atoms with Gasteiger partial charge < -0.3 is 10.2 Å². The van der Waals surface area contributed by atoms with Gasteiger partial charge in [0.15, 0.2) is 0 Å². The van der Waals surface area contributed by atoms with Gasteiger partial charge in [0.2, 0.25) is 5.91 Å². The largest absolute Gasteiger partial charge is 0.353 e. The molecular formula is C21H25N5OS. The number of carbonyl (C=O) groups excluding carboxylic acids is 1. The lowest BCUT2D eigenvalue weighted by Gasteiger charge is -2.35. The third-order valence-electron chi connectivity index (χ3n) is 5.08. The fourth-order valence-corrected chi connectivity index (χ4v) is 4.42. The third kappa shape index (κ3) is 4.31. The molecule has 7 heteroatoms. The van der Waals surface area contributed by atoms with Crippen LogP contribution in [0, 0.1) is 0 Å². The van der Waals surface area contributed by atoms with E-state index in [9.17, 15) is 4.79 Å². The molecule has 0 unspecified atom stereocenters. The predicted octanol–water partition coefficient (Wildman–Crippen LogP) is 2.69. The Morgan fingerprint density at radius 1 is 1.14 bits per heavy atom. The highest BCUT2D eigenvalue weighted by molar-refractivity contribution is 7.18. The number of aryl methyl sites for hydroxylation is 1. The van der Waals surface area contributed by atoms with Crippen LogP contribution in [-0.4, -0.2) is 53.5 Å². The molecule has 1 saturated heterocycles. The highest BCUT2D eigenvalue weighted by atomic mass is 32.1. The van der Waals surface area contributed by atoms with Gasteiger partial charge in [0.1, 0.15) is 17.0 Å². The summed E-state index contributed by atoms with van der Waals surface area (Å²) in [7, 11) is 0. The van der Waals surface area contributed by atoms with Crippen LogP contribution in [0.3, 0.4) is 0 Å². The minimum atomic E-state index is 0.0761. The predicted molar refractivity (Wildman–Crippen MR) is 114 cm³/mol. The van der Waals surface area contributed by atoms with E-state index in [1.807, 2.05) is 30.3 Å². The second-order valence-corrected chi connectivity index (χ2v) is 8.12. The zero-order valence-electron chi connectivity index (χ0n) is 16.1. The van der Waals surface area contributed by atoms with Crippen LogP contribution in [0.2, 0.25) is 0 Å². The number of hydrogen-bond donors (Lipinski definition) is 1. The third-order valence-corrected chi connectivity index (χ3v) is 6.27. The Morgan fingerprint density at radius 3 is 2.68 bits per heavy atom. The Morgan fingerprint density at radius 2 is 1.93 bits per heavy atom. The maximum absolute atomic E-state index is 12.3. The number of benzene rings is 1. The number of piperazine rings is 1. The summed E-state index contributed by atoms with van der Waals surface area (Å²) in [5.41, 5.74) is 1.12. The number of fused-ring (bicyclic) bond motifs is 1. The number of rotatable bonds is 6. The zero-order valence-corrected chi connectivity index (χ0v) is 16.9. The van der Waals surface area contributed by atoms with Gasteiger partial charge in [-0.05, 0) is 18.1 Å². The molecule has 0 radical (unpaired) electrons. The topological polar surface area (TPSA) is 61.4 Å². The Hall–Kier alpha value is -2.51. The molecule has 146 valence electrons. The van der Waals surface area contributed by atoms with E-state index in [-0.39, 0.29) is 5.91 Å². The second-order valence-electron chi connectivity index (χ2n) is 7.01. The van der Waals surface area contributed by atoms with Crippen LogP contribution < -0.4 is 10.2 Å². The molecule has 0 spiro atoms. The van der Waals surface area contributed by atoms with Gasteiger partial charge in [-0.15, -0.1) is 11.3 Å². The molecule has 1 amide bonds. The normalized spacial score (nSPS) is 15.1. The quantitative estimate of drug-likeness (QED) is 0.695. The molecule has 2 aromatic heterocycles. The van der Waals surface area contributed by atoms with Crippen molar-refractivity contribution in [2.75, 3.05) is 37.6 Å². The number of thiophene rings is 1. The van der Waals surface area contributed by atoms with Crippen molar-refractivity contribution in [2.24, 2.45) is 0 Å². The summed E-state index contributed by atoms with van der Waals surface area (Å²) >= 11 is 1.75. The van der Waals surface area contributed by atoms with Crippen LogP contribution in [0.4, 0.5) is 5.82 Å². The molecule has 1 aliphatic rings. The summed E-state index contributed by atoms with van der Waals surface area (Å²) < 4.78 is 0. The van der Waals surface area contributed by atoms with E-state index in [1.54, 1.807) is 17.7 Å². The standard InChI is InChI=1S/C21H25N5OS/c1-2-17-12-18-20(23-15-24-21(18)28-17)26-10-8-25(9-11-26)14-19(27)22-13-16-6-4-3-5-7-16/h3-7,12,15H,2,8-11,13-14H2,1H3,(H,22,27). The molecule has 0 saturated carbocycles. The van der Waals surface area contributed by atoms with Crippen molar-refractivity contribution in [2.45, 2.75) is 19.9 Å². The van der Waals surface area contributed by atoms with Crippen molar-refractivity contribution in [3.63, 3.8) is 0 Å². The average Bonchev–Trinajstić information content (AvgIpc) is 3.17. The molecule has 0 bridgehead atoms. The number of carbonyl (C=O) groups is 1. The van der Waals surface area contributed by atoms with Crippen molar-refractivity contribution >= 4 is 33.3 Å². The van der Waals surface area contributed by atoms with E-state index < -0.39 is 0 Å². The molecular weight excluding hydrogens is 370 g/mol. The SMILES string of the molecule is CCc1cc2c(N3CCN(CC(=O)NCc4ccccc4)CC3)ncnc2s1. The van der Waals surface area contributed by atoms with E-state index in [0.29, 0.717) is 13.1 Å². The number of anilines is 1. The van der Waals surface area contributed by atoms with Crippen molar-refractivity contribution in [3.8, 4) is 0 Å². The van der Waals surface area contributed by atoms with E-state index in [2.05, 4.69) is 38.1 Å². The summed E-state index contributed by atoms with van der Waals surface area (Å²) in [4.78, 5) is 28.2. The molecule has 3 aromatic rings. The van der Waals surface area contributed by atoms with Crippen molar-refractivity contribution in [1.82, 2.24) is 20.2 Å². The van der Waals surface area contributed by atoms with Gasteiger partial charge in [-0.3, -0.25) is 9.69 Å². The van der Waals surface area contributed by atoms with E-state index in [0.717, 1.165) is 54.2 Å². The van der Waals surface area contributed by atoms with Crippen molar-refractivity contribution in [3.05, 3.63) is 53.2 Å². The number of nitrogens with zero attached hydrogens (tertiary/aromatic N) is 4. The Labute approximate surface area is 169 Å². The van der Waals surface area contributed by atoms with Gasteiger partial charge in [0, 0.05) is 37.6 Å². The van der Waals surface area contributed by atoms with E-state index >= 15 is 0 Å². The number of amides is 1. The molecule has 4 rings (SSSR count). The van der Waals surface area contributed by atoms with Crippen LogP contribution in [0.15, 0.2) is 42.7 Å². The number of nitrogens with one attached hydrogen (secondary N) is 1. The Balaban J connectivity index is 1.31. The van der Waals surface area contributed by atoms with Gasteiger partial charge in [-0.2, -0.15) is 0 Å². The van der Waals surface area contributed by atoms with Crippen LogP contribution >= 0.6 is 11.3 Å². The molecule has 0 atom stereocenters. The maximum Gasteiger partial charge on any atom is 0.234 e. The van der Waals surface area contributed by atoms with E-state index in [1.165, 1.54) is 4.88 Å². The first-order valence-electron chi connectivity index (χ1n) is 9.74. The molecule has 6 nitrogen and oxygen atoms in total. The molecule has 1 fully saturated rings. The lowest BCUT2D eigenvalue weighted by atomic mass is 10.2. The first-order chi connectivity index (χ1) is 13.7. The van der Waals surface area contributed by atoms with Gasteiger partial charge >= 0.3 is 0 Å². The van der Waals surface area contributed by atoms with Gasteiger partial charge in [0.05, 0.1) is 11.9 Å². The second kappa shape index (κ2) is 8.67. The monoisotopic (exact) mass is 395 g/mol. The minimum Gasteiger partial charge on any atom is -0.353 e. The van der Waals surface area contributed by atoms with E-state index in [4.69, 9.17) is 0 Å². The molecule has 3 heterocycles. The minimum absolute atomic E-state index is 0.0761. The van der Waals surface area contributed by atoms with Gasteiger partial charge in [-0.1, -0.05) is 37.3 Å². The molecule has 1 aromatic carbocycles. The first kappa shape index (κ1) is 18.8. The lowest BCUT2D eigenvalue weighted by molar-refractivity contribution is -0.122. The summed E-state index contributed by atoms with van der Waals surface area (Å²) in [6.07, 6.45) is 2.68. The fraction of sp³-hybridized carbons (Fsp3) is 0.381. The molecule has 1 N–H and O–H groups in total. The van der Waals surface area contributed by atoms with Crippen molar-refractivity contribution in [1.29, 1.82) is 0 Å². The van der Waals surface area contributed by atoms with Crippen molar-refractivity contribution < 1.29 is 4.79 Å². The Kier molecular flexibility index (Phi) is 5.83. The first-order valence-corrected chi connectivity index (χ1v) is 10.6. The highest BCUT2D eigenvalue weighted by Gasteiger charge is 2.22. The summed E-state index contributed by atoms with van der Waals surface area (Å²) in [6, 6.07) is 12.2. The molecule has 1 aliphatic heterocycles. The average molecular weight is 396 g/mol. The summed E-state index contributed by atoms with van der Waals surface area (Å²) in [5.74, 6) is 1.10. The molecule has 28 heavy (non-hydrogen) atoms. The van der Waals surface area contributed by atoms with Crippen LogP contribution in [0.1, 0.15) is 17.4 Å². The smallest absolute Gasteiger partial charge is 0.234 e. The van der Waals surface area contributed by atoms with Crippen LogP contribution in [0.5, 0.6) is 0 Å². The maximum atomic E-state index is 12.3. The number of hydrogen-bond acceptors (Lipinski definition) is 6. The fourth-order valence-electron chi connectivity index (χ4n) is 3.49. The lowest BCUT2D eigenvalue weighted by Crippen LogP contribution is -2.49. The van der Waals surface area contributed by atoms with Gasteiger partial charge in [-0.25, -0.2) is 9.97 Å². The van der Waals surface area contributed by atoms with Crippen LogP contribution in [0.25, 0.3) is 10.2 Å². The van der Waals surface area contributed by atoms with Crippen LogP contribution in [-0.2, 0) is 17.8 Å². The summed E-state index contributed by atoms with van der Waals surface area (Å²) in [5, 5.41) is 4.16.